The molecule has 2 heterocycles. The average Bonchev–Trinajstić information content (AvgIpc) is 3.26. The van der Waals surface area contributed by atoms with E-state index < -0.39 is 53.8 Å². The molecular formula is C20H18Cl2F3N3O4S. The number of hydrazine groups is 2. The molecular weight excluding hydrogens is 506 g/mol. The van der Waals surface area contributed by atoms with E-state index in [1.165, 1.54) is 11.2 Å². The van der Waals surface area contributed by atoms with E-state index in [2.05, 4.69) is 11.0 Å². The summed E-state index contributed by atoms with van der Waals surface area (Å²) in [5, 5.41) is 33.3. The van der Waals surface area contributed by atoms with Crippen LogP contribution in [0.4, 0.5) is 13.2 Å². The zero-order chi connectivity index (χ0) is 23.9. The van der Waals surface area contributed by atoms with Gasteiger partial charge in [-0.05, 0) is 30.3 Å². The molecule has 5 atom stereocenters. The second-order valence-corrected chi connectivity index (χ2v) is 9.32. The van der Waals surface area contributed by atoms with Gasteiger partial charge in [0.2, 0.25) is 0 Å². The summed E-state index contributed by atoms with van der Waals surface area (Å²) in [5.74, 6) is -4.32. The Balaban J connectivity index is 1.59. The largest absolute Gasteiger partial charge is 0.394 e. The van der Waals surface area contributed by atoms with Crippen molar-refractivity contribution in [3.05, 3.63) is 69.6 Å². The van der Waals surface area contributed by atoms with Crippen molar-refractivity contribution in [2.75, 3.05) is 6.61 Å². The Morgan fingerprint density at radius 3 is 2.36 bits per heavy atom. The fourth-order valence-corrected chi connectivity index (χ4v) is 4.99. The van der Waals surface area contributed by atoms with E-state index in [-0.39, 0.29) is 11.3 Å². The fraction of sp³-hybridized carbons (Fsp3) is 0.300. The summed E-state index contributed by atoms with van der Waals surface area (Å²) in [5.41, 5.74) is 4.58. The minimum atomic E-state index is -1.59. The summed E-state index contributed by atoms with van der Waals surface area (Å²) in [6.07, 6.45) is -2.33. The van der Waals surface area contributed by atoms with E-state index in [0.29, 0.717) is 14.9 Å². The molecule has 1 fully saturated rings. The van der Waals surface area contributed by atoms with Crippen LogP contribution in [0, 0.1) is 17.5 Å². The van der Waals surface area contributed by atoms with Crippen LogP contribution >= 0.6 is 35.0 Å². The molecule has 2 aromatic rings. The Morgan fingerprint density at radius 2 is 1.73 bits per heavy atom. The van der Waals surface area contributed by atoms with Gasteiger partial charge in [-0.25, -0.2) is 13.2 Å². The highest BCUT2D eigenvalue weighted by molar-refractivity contribution is 7.99. The first-order valence-corrected chi connectivity index (χ1v) is 11.2. The SMILES string of the molecule is OCC1O[C@H](Sc2ccc(Cl)c(Cl)c2)C(O)C(N2C=C(c3cc(F)c(F)c(F)c3)NN2)[C@H]1O. The Labute approximate surface area is 200 Å². The molecule has 0 radical (unpaired) electrons. The molecule has 178 valence electrons. The zero-order valence-electron chi connectivity index (χ0n) is 16.6. The molecule has 1 saturated heterocycles. The van der Waals surface area contributed by atoms with Crippen molar-refractivity contribution in [1.29, 1.82) is 0 Å². The number of hydrogen-bond donors (Lipinski definition) is 5. The van der Waals surface area contributed by atoms with Crippen LogP contribution in [0.3, 0.4) is 0 Å². The zero-order valence-corrected chi connectivity index (χ0v) is 18.9. The highest BCUT2D eigenvalue weighted by Crippen LogP contribution is 2.37. The van der Waals surface area contributed by atoms with Crippen molar-refractivity contribution in [3.8, 4) is 0 Å². The normalized spacial score (nSPS) is 27.5. The second kappa shape index (κ2) is 9.88. The van der Waals surface area contributed by atoms with E-state index in [1.807, 2.05) is 0 Å². The van der Waals surface area contributed by atoms with Crippen molar-refractivity contribution in [3.63, 3.8) is 0 Å². The van der Waals surface area contributed by atoms with Crippen molar-refractivity contribution in [2.24, 2.45) is 0 Å². The first-order chi connectivity index (χ1) is 15.7. The Bertz CT molecular complexity index is 1060. The number of aliphatic hydroxyl groups excluding tert-OH is 3. The smallest absolute Gasteiger partial charge is 0.194 e. The molecule has 0 bridgehead atoms. The van der Waals surface area contributed by atoms with Crippen molar-refractivity contribution in [2.45, 2.75) is 34.7 Å². The van der Waals surface area contributed by atoms with Crippen LogP contribution in [0.2, 0.25) is 10.0 Å². The minimum absolute atomic E-state index is 0.00196. The summed E-state index contributed by atoms with van der Waals surface area (Å²) in [6.45, 7) is -0.533. The molecule has 0 aromatic heterocycles. The lowest BCUT2D eigenvalue weighted by Crippen LogP contribution is -2.65. The van der Waals surface area contributed by atoms with Gasteiger partial charge >= 0.3 is 0 Å². The topological polar surface area (TPSA) is 97.2 Å². The Morgan fingerprint density at radius 1 is 1.03 bits per heavy atom. The molecule has 2 aromatic carbocycles. The van der Waals surface area contributed by atoms with E-state index in [1.54, 1.807) is 18.2 Å². The summed E-state index contributed by atoms with van der Waals surface area (Å²) < 4.78 is 46.2. The number of benzene rings is 2. The molecule has 5 N–H and O–H groups in total. The fourth-order valence-electron chi connectivity index (χ4n) is 3.52. The number of aliphatic hydroxyl groups is 3. The van der Waals surface area contributed by atoms with Crippen LogP contribution in [0.25, 0.3) is 5.70 Å². The monoisotopic (exact) mass is 523 g/mol. The van der Waals surface area contributed by atoms with Gasteiger partial charge in [0.1, 0.15) is 29.8 Å². The average molecular weight is 524 g/mol. The van der Waals surface area contributed by atoms with Gasteiger partial charge in [0.05, 0.1) is 22.3 Å². The lowest BCUT2D eigenvalue weighted by molar-refractivity contribution is -0.189. The van der Waals surface area contributed by atoms with Gasteiger partial charge in [-0.2, -0.15) is 0 Å². The first-order valence-electron chi connectivity index (χ1n) is 9.60. The molecule has 0 saturated carbocycles. The maximum atomic E-state index is 13.6. The molecule has 2 aliphatic rings. The second-order valence-electron chi connectivity index (χ2n) is 7.33. The third-order valence-corrected chi connectivity index (χ3v) is 7.08. The van der Waals surface area contributed by atoms with Crippen LogP contribution < -0.4 is 11.0 Å². The Hall–Kier alpha value is -1.70. The number of nitrogens with one attached hydrogen (secondary N) is 2. The van der Waals surface area contributed by atoms with Gasteiger partial charge < -0.3 is 25.5 Å². The summed E-state index contributed by atoms with van der Waals surface area (Å²) in [6, 6.07) is 5.41. The number of hydrogen-bond acceptors (Lipinski definition) is 8. The van der Waals surface area contributed by atoms with Gasteiger partial charge in [-0.3, -0.25) is 5.01 Å². The number of halogens is 5. The Kier molecular flexibility index (Phi) is 7.32. The van der Waals surface area contributed by atoms with E-state index in [9.17, 15) is 28.5 Å². The van der Waals surface area contributed by atoms with Crippen LogP contribution in [0.5, 0.6) is 0 Å². The van der Waals surface area contributed by atoms with Gasteiger partial charge in [0.15, 0.2) is 17.5 Å². The highest BCUT2D eigenvalue weighted by atomic mass is 35.5. The van der Waals surface area contributed by atoms with Gasteiger partial charge in [0.25, 0.3) is 0 Å². The molecule has 7 nitrogen and oxygen atoms in total. The predicted molar refractivity (Wildman–Crippen MR) is 116 cm³/mol. The number of ether oxygens (including phenoxy) is 1. The third kappa shape index (κ3) is 4.91. The van der Waals surface area contributed by atoms with Gasteiger partial charge in [0, 0.05) is 16.7 Å². The molecule has 0 spiro atoms. The molecule has 0 aliphatic carbocycles. The number of nitrogens with zero attached hydrogens (tertiary/aromatic N) is 1. The highest BCUT2D eigenvalue weighted by Gasteiger charge is 2.48. The maximum Gasteiger partial charge on any atom is 0.194 e. The van der Waals surface area contributed by atoms with Gasteiger partial charge in [-0.1, -0.05) is 35.0 Å². The maximum absolute atomic E-state index is 13.6. The van der Waals surface area contributed by atoms with Crippen molar-refractivity contribution in [1.82, 2.24) is 16.0 Å². The van der Waals surface area contributed by atoms with Crippen LogP contribution in [0.15, 0.2) is 41.4 Å². The summed E-state index contributed by atoms with van der Waals surface area (Å²) in [4.78, 5) is 0.626. The molecule has 3 unspecified atom stereocenters. The van der Waals surface area contributed by atoms with E-state index >= 15 is 0 Å². The number of thioether (sulfide) groups is 1. The standard InChI is InChI=1S/C20H18Cl2F3N3O4S/c21-10-2-1-9(5-11(10)22)33-20-19(31)17(18(30)15(7-29)32-20)28-6-14(26-27-28)8-3-12(23)16(25)13(24)4-8/h1-6,15,17-20,26-27,29-31H,7H2/t15?,17?,18-,19?,20+/m0/s1. The minimum Gasteiger partial charge on any atom is -0.394 e. The molecule has 4 rings (SSSR count). The van der Waals surface area contributed by atoms with E-state index in [0.717, 1.165) is 23.9 Å². The van der Waals surface area contributed by atoms with Gasteiger partial charge in [-0.15, -0.1) is 5.53 Å². The van der Waals surface area contributed by atoms with Crippen LogP contribution in [0.1, 0.15) is 5.56 Å². The molecule has 0 amide bonds. The quantitative estimate of drug-likeness (QED) is 0.381. The lowest BCUT2D eigenvalue weighted by Gasteiger charge is -2.45. The van der Waals surface area contributed by atoms with Crippen molar-refractivity contribution >= 4 is 40.7 Å². The first kappa shape index (κ1) is 24.4. The van der Waals surface area contributed by atoms with Crippen LogP contribution in [-0.2, 0) is 4.74 Å². The summed E-state index contributed by atoms with van der Waals surface area (Å²) in [7, 11) is 0. The number of rotatable bonds is 5. The lowest BCUT2D eigenvalue weighted by atomic mass is 9.97. The third-order valence-electron chi connectivity index (χ3n) is 5.20. The van der Waals surface area contributed by atoms with E-state index in [4.69, 9.17) is 27.9 Å². The van der Waals surface area contributed by atoms with Crippen LogP contribution in [-0.4, -0.2) is 56.7 Å². The molecule has 2 aliphatic heterocycles. The molecule has 13 heteroatoms. The predicted octanol–water partition coefficient (Wildman–Crippen LogP) is 2.63. The molecule has 33 heavy (non-hydrogen) atoms. The summed E-state index contributed by atoms with van der Waals surface area (Å²) >= 11 is 13.1. The van der Waals surface area contributed by atoms with Crippen molar-refractivity contribution < 1.29 is 33.2 Å².